The maximum Gasteiger partial charge on any atom is 0.240 e. The van der Waals surface area contributed by atoms with Gasteiger partial charge in [-0.25, -0.2) is 13.1 Å². The van der Waals surface area contributed by atoms with Crippen LogP contribution in [0, 0.1) is 0 Å². The van der Waals surface area contributed by atoms with Gasteiger partial charge < -0.3 is 10.6 Å². The molecule has 1 aliphatic rings. The molecule has 6 nitrogen and oxygen atoms in total. The molecule has 0 unspecified atom stereocenters. The maximum atomic E-state index is 12.2. The van der Waals surface area contributed by atoms with Gasteiger partial charge in [0, 0.05) is 25.7 Å². The summed E-state index contributed by atoms with van der Waals surface area (Å²) in [7, 11) is -3.53. The predicted octanol–water partition coefficient (Wildman–Crippen LogP) is 0.843. The average molecular weight is 309 g/mol. The summed E-state index contributed by atoms with van der Waals surface area (Å²) in [6.07, 6.45) is 2.86. The highest BCUT2D eigenvalue weighted by Gasteiger charge is 2.14. The molecule has 0 radical (unpaired) electrons. The zero-order valence-corrected chi connectivity index (χ0v) is 12.7. The minimum Gasteiger partial charge on any atom is -0.326 e. The van der Waals surface area contributed by atoms with Gasteiger partial charge >= 0.3 is 0 Å². The van der Waals surface area contributed by atoms with E-state index in [2.05, 4.69) is 15.4 Å². The van der Waals surface area contributed by atoms with Crippen LogP contribution in [0.25, 0.3) is 0 Å². The fraction of sp³-hybridized carbons (Fsp3) is 0.357. The summed E-state index contributed by atoms with van der Waals surface area (Å²) < 4.78 is 26.9. The van der Waals surface area contributed by atoms with Crippen LogP contribution >= 0.6 is 0 Å². The van der Waals surface area contributed by atoms with Crippen molar-refractivity contribution in [3.8, 4) is 0 Å². The third-order valence-corrected chi connectivity index (χ3v) is 4.55. The second-order valence-electron chi connectivity index (χ2n) is 4.85. The third-order valence-electron chi connectivity index (χ3n) is 3.13. The highest BCUT2D eigenvalue weighted by Crippen LogP contribution is 2.14. The normalized spacial score (nSPS) is 15.4. The Kier molecular flexibility index (Phi) is 5.11. The van der Waals surface area contributed by atoms with Crippen molar-refractivity contribution >= 4 is 21.6 Å². The van der Waals surface area contributed by atoms with Crippen LogP contribution in [0.1, 0.15) is 13.3 Å². The number of carbonyl (C=O) groups is 1. The number of rotatable bonds is 5. The predicted molar refractivity (Wildman–Crippen MR) is 81.5 cm³/mol. The van der Waals surface area contributed by atoms with Gasteiger partial charge in [0.2, 0.25) is 15.9 Å². The molecule has 0 saturated carbocycles. The lowest BCUT2D eigenvalue weighted by Gasteiger charge is -2.15. The molecule has 114 valence electrons. The molecule has 21 heavy (non-hydrogen) atoms. The van der Waals surface area contributed by atoms with Gasteiger partial charge in [0.15, 0.2) is 0 Å². The van der Waals surface area contributed by atoms with E-state index in [4.69, 9.17) is 0 Å². The number of carbonyl (C=O) groups excluding carboxylic acids is 1. The second kappa shape index (κ2) is 6.84. The Balaban J connectivity index is 2.01. The highest BCUT2D eigenvalue weighted by molar-refractivity contribution is 7.89. The summed E-state index contributed by atoms with van der Waals surface area (Å²) in [5.74, 6) is -0.193. The van der Waals surface area contributed by atoms with Crippen LogP contribution in [0.2, 0.25) is 0 Å². The molecule has 0 atom stereocenters. The minimum absolute atomic E-state index is 0.186. The molecule has 0 fully saturated rings. The molecule has 7 heteroatoms. The molecule has 0 spiro atoms. The standard InChI is InChI=1S/C14H19N3O3S/c1-11(18)17-13-2-4-14(5-3-13)21(19,20)16-10-12-6-8-15-9-7-12/h2-6,15-16H,7-10H2,1H3,(H,17,18). The molecule has 0 bridgehead atoms. The molecule has 1 heterocycles. The van der Waals surface area contributed by atoms with Crippen molar-refractivity contribution < 1.29 is 13.2 Å². The molecule has 1 aliphatic heterocycles. The SMILES string of the molecule is CC(=O)Nc1ccc(S(=O)(=O)NCC2=CCNCC2)cc1. The summed E-state index contributed by atoms with van der Waals surface area (Å²) >= 11 is 0. The van der Waals surface area contributed by atoms with E-state index in [0.29, 0.717) is 12.2 Å². The zero-order chi connectivity index (χ0) is 15.3. The Morgan fingerprint density at radius 1 is 1.29 bits per heavy atom. The van der Waals surface area contributed by atoms with Crippen LogP contribution < -0.4 is 15.4 Å². The lowest BCUT2D eigenvalue weighted by atomic mass is 10.1. The molecular formula is C14H19N3O3S. The van der Waals surface area contributed by atoms with Crippen molar-refractivity contribution in [1.82, 2.24) is 10.0 Å². The van der Waals surface area contributed by atoms with Gasteiger partial charge in [-0.2, -0.15) is 0 Å². The van der Waals surface area contributed by atoms with Gasteiger partial charge in [-0.1, -0.05) is 11.6 Å². The quantitative estimate of drug-likeness (QED) is 0.704. The van der Waals surface area contributed by atoms with Gasteiger partial charge in [-0.15, -0.1) is 0 Å². The molecule has 1 aromatic carbocycles. The second-order valence-corrected chi connectivity index (χ2v) is 6.61. The van der Waals surface area contributed by atoms with Gasteiger partial charge in [0.1, 0.15) is 0 Å². The van der Waals surface area contributed by atoms with Gasteiger partial charge in [-0.05, 0) is 37.2 Å². The summed E-state index contributed by atoms with van der Waals surface area (Å²) in [6.45, 7) is 3.39. The van der Waals surface area contributed by atoms with Crippen molar-refractivity contribution in [1.29, 1.82) is 0 Å². The number of hydrogen-bond donors (Lipinski definition) is 3. The van der Waals surface area contributed by atoms with Gasteiger partial charge in [0.25, 0.3) is 0 Å². The fourth-order valence-corrected chi connectivity index (χ4v) is 3.06. The largest absolute Gasteiger partial charge is 0.326 e. The summed E-state index contributed by atoms with van der Waals surface area (Å²) in [4.78, 5) is 11.1. The van der Waals surface area contributed by atoms with Crippen LogP contribution in [-0.4, -0.2) is 34.0 Å². The first-order chi connectivity index (χ1) is 9.97. The Hall–Kier alpha value is -1.70. The first-order valence-electron chi connectivity index (χ1n) is 6.73. The number of benzene rings is 1. The average Bonchev–Trinajstić information content (AvgIpc) is 2.46. The number of amides is 1. The van der Waals surface area contributed by atoms with Gasteiger partial charge in [0.05, 0.1) is 4.90 Å². The van der Waals surface area contributed by atoms with E-state index < -0.39 is 10.0 Å². The molecule has 3 N–H and O–H groups in total. The van der Waals surface area contributed by atoms with Crippen molar-refractivity contribution in [2.24, 2.45) is 0 Å². The fourth-order valence-electron chi connectivity index (χ4n) is 2.02. The van der Waals surface area contributed by atoms with E-state index in [1.807, 2.05) is 6.08 Å². The molecule has 1 aromatic rings. The van der Waals surface area contributed by atoms with E-state index in [0.717, 1.165) is 25.1 Å². The lowest BCUT2D eigenvalue weighted by Crippen LogP contribution is -2.29. The van der Waals surface area contributed by atoms with E-state index >= 15 is 0 Å². The van der Waals surface area contributed by atoms with Crippen molar-refractivity contribution in [2.75, 3.05) is 25.0 Å². The Morgan fingerprint density at radius 3 is 2.57 bits per heavy atom. The monoisotopic (exact) mass is 309 g/mol. The Morgan fingerprint density at radius 2 is 2.00 bits per heavy atom. The van der Waals surface area contributed by atoms with Crippen molar-refractivity contribution in [3.63, 3.8) is 0 Å². The lowest BCUT2D eigenvalue weighted by molar-refractivity contribution is -0.114. The van der Waals surface area contributed by atoms with Crippen molar-refractivity contribution in [3.05, 3.63) is 35.9 Å². The number of sulfonamides is 1. The molecular weight excluding hydrogens is 290 g/mol. The van der Waals surface area contributed by atoms with Crippen LogP contribution in [0.5, 0.6) is 0 Å². The van der Waals surface area contributed by atoms with Crippen LogP contribution in [0.4, 0.5) is 5.69 Å². The van der Waals surface area contributed by atoms with Crippen LogP contribution in [-0.2, 0) is 14.8 Å². The van der Waals surface area contributed by atoms with Crippen LogP contribution in [0.15, 0.2) is 40.8 Å². The van der Waals surface area contributed by atoms with Crippen molar-refractivity contribution in [2.45, 2.75) is 18.2 Å². The topological polar surface area (TPSA) is 87.3 Å². The zero-order valence-electron chi connectivity index (χ0n) is 11.8. The molecule has 0 aliphatic carbocycles. The molecule has 0 saturated heterocycles. The number of nitrogens with one attached hydrogen (secondary N) is 3. The third kappa shape index (κ3) is 4.66. The molecule has 0 aromatic heterocycles. The summed E-state index contributed by atoms with van der Waals surface area (Å²) in [6, 6.07) is 6.09. The minimum atomic E-state index is -3.53. The smallest absolute Gasteiger partial charge is 0.240 e. The summed E-state index contributed by atoms with van der Waals surface area (Å²) in [5.41, 5.74) is 1.66. The summed E-state index contributed by atoms with van der Waals surface area (Å²) in [5, 5.41) is 5.77. The first-order valence-corrected chi connectivity index (χ1v) is 8.21. The van der Waals surface area contributed by atoms with E-state index in [-0.39, 0.29) is 10.8 Å². The Labute approximate surface area is 124 Å². The van der Waals surface area contributed by atoms with Gasteiger partial charge in [-0.3, -0.25) is 4.79 Å². The molecule has 2 rings (SSSR count). The van der Waals surface area contributed by atoms with E-state index in [1.54, 1.807) is 12.1 Å². The van der Waals surface area contributed by atoms with E-state index in [1.165, 1.54) is 19.1 Å². The number of anilines is 1. The van der Waals surface area contributed by atoms with E-state index in [9.17, 15) is 13.2 Å². The number of hydrogen-bond acceptors (Lipinski definition) is 4. The first kappa shape index (κ1) is 15.7. The molecule has 1 amide bonds. The highest BCUT2D eigenvalue weighted by atomic mass is 32.2. The Bertz CT molecular complexity index is 636. The van der Waals surface area contributed by atoms with Crippen LogP contribution in [0.3, 0.4) is 0 Å². The maximum absolute atomic E-state index is 12.2.